The second-order valence-corrected chi connectivity index (χ2v) is 7.83. The number of benzene rings is 1. The maximum absolute atomic E-state index is 12.3. The van der Waals surface area contributed by atoms with E-state index in [1.807, 2.05) is 13.8 Å². The summed E-state index contributed by atoms with van der Waals surface area (Å²) in [5, 5.41) is 8.49. The molecule has 0 heterocycles. The number of hydrogen-bond acceptors (Lipinski definition) is 4. The van der Waals surface area contributed by atoms with Gasteiger partial charge in [0.05, 0.1) is 11.3 Å². The Morgan fingerprint density at radius 1 is 1.19 bits per heavy atom. The van der Waals surface area contributed by atoms with Crippen molar-refractivity contribution in [3.8, 4) is 0 Å². The van der Waals surface area contributed by atoms with Gasteiger partial charge in [0.2, 0.25) is 5.91 Å². The van der Waals surface area contributed by atoms with E-state index in [2.05, 4.69) is 16.0 Å². The fraction of sp³-hybridized carbons (Fsp3) is 0.526. The predicted octanol–water partition coefficient (Wildman–Crippen LogP) is 3.72. The Hall–Kier alpha value is -2.28. The van der Waals surface area contributed by atoms with Crippen molar-refractivity contribution in [3.05, 3.63) is 28.8 Å². The normalized spacial score (nSPS) is 11.1. The number of halogens is 1. The number of ether oxygens (including phenoxy) is 1. The molecule has 0 aromatic heterocycles. The highest BCUT2D eigenvalue weighted by Gasteiger charge is 2.17. The third kappa shape index (κ3) is 9.28. The Bertz CT molecular complexity index is 684. The van der Waals surface area contributed by atoms with Gasteiger partial charge < -0.3 is 20.7 Å². The first-order valence-corrected chi connectivity index (χ1v) is 9.23. The number of amides is 3. The molecule has 27 heavy (non-hydrogen) atoms. The summed E-state index contributed by atoms with van der Waals surface area (Å²) in [6.45, 7) is 9.33. The van der Waals surface area contributed by atoms with Gasteiger partial charge in [-0.25, -0.2) is 4.79 Å². The molecule has 7 nitrogen and oxygen atoms in total. The molecule has 0 saturated heterocycles. The van der Waals surface area contributed by atoms with E-state index in [1.165, 1.54) is 6.07 Å². The topological polar surface area (TPSA) is 96.5 Å². The Morgan fingerprint density at radius 2 is 1.85 bits per heavy atom. The van der Waals surface area contributed by atoms with Gasteiger partial charge in [0, 0.05) is 24.0 Å². The molecule has 150 valence electrons. The second-order valence-electron chi connectivity index (χ2n) is 7.40. The van der Waals surface area contributed by atoms with Crippen LogP contribution in [0.4, 0.5) is 10.5 Å². The lowest BCUT2D eigenvalue weighted by Crippen LogP contribution is -2.33. The summed E-state index contributed by atoms with van der Waals surface area (Å²) in [6, 6.07) is 4.67. The lowest BCUT2D eigenvalue weighted by Gasteiger charge is -2.19. The zero-order valence-electron chi connectivity index (χ0n) is 16.4. The van der Waals surface area contributed by atoms with Crippen LogP contribution in [0, 0.1) is 0 Å². The van der Waals surface area contributed by atoms with Gasteiger partial charge >= 0.3 is 6.09 Å². The summed E-state index contributed by atoms with van der Waals surface area (Å²) in [5.74, 6) is -0.564. The Balaban J connectivity index is 2.56. The Kier molecular flexibility index (Phi) is 8.56. The Morgan fingerprint density at radius 3 is 2.44 bits per heavy atom. The van der Waals surface area contributed by atoms with Gasteiger partial charge in [0.25, 0.3) is 5.91 Å². The molecular weight excluding hydrogens is 370 g/mol. The van der Waals surface area contributed by atoms with Crippen LogP contribution >= 0.6 is 11.6 Å². The second kappa shape index (κ2) is 10.2. The average Bonchev–Trinajstić information content (AvgIpc) is 2.49. The van der Waals surface area contributed by atoms with Crippen molar-refractivity contribution in [2.24, 2.45) is 0 Å². The van der Waals surface area contributed by atoms with E-state index in [1.54, 1.807) is 32.9 Å². The highest BCUT2D eigenvalue weighted by Crippen LogP contribution is 2.21. The molecule has 0 aliphatic carbocycles. The fourth-order valence-corrected chi connectivity index (χ4v) is 2.30. The summed E-state index contributed by atoms with van der Waals surface area (Å²) in [6.07, 6.45) is 0.0811. The van der Waals surface area contributed by atoms with Crippen LogP contribution in [-0.4, -0.2) is 36.1 Å². The van der Waals surface area contributed by atoms with E-state index in [9.17, 15) is 14.4 Å². The predicted molar refractivity (Wildman–Crippen MR) is 106 cm³/mol. The monoisotopic (exact) mass is 397 g/mol. The van der Waals surface area contributed by atoms with Crippen LogP contribution in [-0.2, 0) is 9.53 Å². The average molecular weight is 398 g/mol. The van der Waals surface area contributed by atoms with E-state index in [0.29, 0.717) is 29.2 Å². The molecule has 0 spiro atoms. The molecule has 8 heteroatoms. The first-order valence-electron chi connectivity index (χ1n) is 8.85. The van der Waals surface area contributed by atoms with Crippen LogP contribution in [0.2, 0.25) is 5.02 Å². The van der Waals surface area contributed by atoms with Crippen molar-refractivity contribution in [3.63, 3.8) is 0 Å². The molecule has 0 atom stereocenters. The van der Waals surface area contributed by atoms with Gasteiger partial charge in [-0.15, -0.1) is 0 Å². The highest BCUT2D eigenvalue weighted by atomic mass is 35.5. The van der Waals surface area contributed by atoms with Crippen LogP contribution in [0.3, 0.4) is 0 Å². The first-order chi connectivity index (χ1) is 12.5. The zero-order valence-corrected chi connectivity index (χ0v) is 17.2. The van der Waals surface area contributed by atoms with Crippen LogP contribution in [0.15, 0.2) is 18.2 Å². The summed E-state index contributed by atoms with van der Waals surface area (Å²) >= 11 is 5.98. The maximum Gasteiger partial charge on any atom is 0.407 e. The van der Waals surface area contributed by atoms with Crippen LogP contribution in [0.25, 0.3) is 0 Å². The molecule has 0 unspecified atom stereocenters. The highest BCUT2D eigenvalue weighted by molar-refractivity contribution is 6.31. The summed E-state index contributed by atoms with van der Waals surface area (Å²) in [7, 11) is 0. The van der Waals surface area contributed by atoms with E-state index >= 15 is 0 Å². The molecule has 3 N–H and O–H groups in total. The van der Waals surface area contributed by atoms with Crippen molar-refractivity contribution >= 4 is 35.2 Å². The number of hydrogen-bond donors (Lipinski definition) is 3. The SMILES string of the molecule is CC(C)NC(=O)c1ccc(Cl)cc1NC(=O)CCCNC(=O)OC(C)(C)C. The molecule has 0 aliphatic rings. The minimum Gasteiger partial charge on any atom is -0.444 e. The molecule has 0 radical (unpaired) electrons. The number of alkyl carbamates (subject to hydrolysis) is 1. The van der Waals surface area contributed by atoms with E-state index in [0.717, 1.165) is 0 Å². The van der Waals surface area contributed by atoms with Crippen molar-refractivity contribution in [2.45, 2.75) is 59.1 Å². The van der Waals surface area contributed by atoms with Gasteiger partial charge in [-0.2, -0.15) is 0 Å². The number of carbonyl (C=O) groups excluding carboxylic acids is 3. The largest absolute Gasteiger partial charge is 0.444 e. The van der Waals surface area contributed by atoms with Crippen molar-refractivity contribution in [1.82, 2.24) is 10.6 Å². The number of anilines is 1. The number of carbonyl (C=O) groups is 3. The molecule has 0 saturated carbocycles. The minimum absolute atomic E-state index is 0.0318. The number of rotatable bonds is 7. The molecular formula is C19H28ClN3O4. The first kappa shape index (κ1) is 22.8. The van der Waals surface area contributed by atoms with Crippen LogP contribution in [0.5, 0.6) is 0 Å². The summed E-state index contributed by atoms with van der Waals surface area (Å²) in [5.41, 5.74) is 0.125. The van der Waals surface area contributed by atoms with Gasteiger partial charge in [-0.1, -0.05) is 11.6 Å². The van der Waals surface area contributed by atoms with Gasteiger partial charge in [-0.05, 0) is 59.2 Å². The lowest BCUT2D eigenvalue weighted by molar-refractivity contribution is -0.116. The van der Waals surface area contributed by atoms with Gasteiger partial charge in [0.1, 0.15) is 5.60 Å². The van der Waals surface area contributed by atoms with Crippen molar-refractivity contribution in [1.29, 1.82) is 0 Å². The molecule has 1 aromatic rings. The molecule has 3 amide bonds. The third-order valence-corrected chi connectivity index (χ3v) is 3.40. The standard InChI is InChI=1S/C19H28ClN3O4/c1-12(2)22-17(25)14-9-8-13(20)11-15(14)23-16(24)7-6-10-21-18(26)27-19(3,4)5/h8-9,11-12H,6-7,10H2,1-5H3,(H,21,26)(H,22,25)(H,23,24). The summed E-state index contributed by atoms with van der Waals surface area (Å²) in [4.78, 5) is 36.0. The number of nitrogens with one attached hydrogen (secondary N) is 3. The van der Waals surface area contributed by atoms with Gasteiger partial charge in [0.15, 0.2) is 0 Å². The lowest BCUT2D eigenvalue weighted by atomic mass is 10.1. The van der Waals surface area contributed by atoms with Crippen molar-refractivity contribution < 1.29 is 19.1 Å². The van der Waals surface area contributed by atoms with E-state index in [-0.39, 0.29) is 24.3 Å². The third-order valence-electron chi connectivity index (χ3n) is 3.17. The smallest absolute Gasteiger partial charge is 0.407 e. The van der Waals surface area contributed by atoms with Crippen LogP contribution < -0.4 is 16.0 Å². The molecule has 1 rings (SSSR count). The summed E-state index contributed by atoms with van der Waals surface area (Å²) < 4.78 is 5.12. The molecule has 0 aliphatic heterocycles. The van der Waals surface area contributed by atoms with Crippen molar-refractivity contribution in [2.75, 3.05) is 11.9 Å². The fourth-order valence-electron chi connectivity index (χ4n) is 2.12. The molecule has 1 aromatic carbocycles. The van der Waals surface area contributed by atoms with E-state index in [4.69, 9.17) is 16.3 Å². The quantitative estimate of drug-likeness (QED) is 0.611. The molecule has 0 bridgehead atoms. The maximum atomic E-state index is 12.3. The zero-order chi connectivity index (χ0) is 20.6. The van der Waals surface area contributed by atoms with Crippen LogP contribution in [0.1, 0.15) is 57.8 Å². The Labute approximate surface area is 165 Å². The minimum atomic E-state index is -0.568. The van der Waals surface area contributed by atoms with Gasteiger partial charge in [-0.3, -0.25) is 9.59 Å². The molecule has 0 fully saturated rings. The van der Waals surface area contributed by atoms with E-state index < -0.39 is 11.7 Å².